The molecule has 0 unspecified atom stereocenters. The van der Waals surface area contributed by atoms with Crippen molar-refractivity contribution in [3.63, 3.8) is 0 Å². The third-order valence-corrected chi connectivity index (χ3v) is 3.96. The number of nitrogens with one attached hydrogen (secondary N) is 1. The molecule has 0 aromatic heterocycles. The Bertz CT molecular complexity index is 545. The fraction of sp³-hybridized carbons (Fsp3) is 0.579. The van der Waals surface area contributed by atoms with Crippen LogP contribution in [0.25, 0.3) is 0 Å². The molecule has 1 amide bonds. The Morgan fingerprint density at radius 1 is 1.00 bits per heavy atom. The Morgan fingerprint density at radius 3 is 2.16 bits per heavy atom. The first-order valence-electron chi connectivity index (χ1n) is 9.04. The van der Waals surface area contributed by atoms with Crippen LogP contribution >= 0.6 is 0 Å². The lowest BCUT2D eigenvalue weighted by atomic mass is 10.1. The van der Waals surface area contributed by atoms with Gasteiger partial charge in [0.1, 0.15) is 11.3 Å². The lowest BCUT2D eigenvalue weighted by Crippen LogP contribution is -2.14. The smallest absolute Gasteiger partial charge is 0.411 e. The largest absolute Gasteiger partial charge is 0.507 e. The van der Waals surface area contributed by atoms with Crippen LogP contribution in [0.5, 0.6) is 5.75 Å². The van der Waals surface area contributed by atoms with Crippen LogP contribution in [0.3, 0.4) is 0 Å². The fourth-order valence-electron chi connectivity index (χ4n) is 2.52. The van der Waals surface area contributed by atoms with Gasteiger partial charge in [0.2, 0.25) is 0 Å². The number of rotatable bonds is 12. The summed E-state index contributed by atoms with van der Waals surface area (Å²) >= 11 is 0. The molecule has 0 spiro atoms. The average Bonchev–Trinajstić information content (AvgIpc) is 2.56. The predicted octanol–water partition coefficient (Wildman–Crippen LogP) is 5.17. The Kier molecular flexibility index (Phi) is 10.1. The van der Waals surface area contributed by atoms with Crippen molar-refractivity contribution < 1.29 is 24.5 Å². The van der Waals surface area contributed by atoms with E-state index in [0.717, 1.165) is 19.3 Å². The van der Waals surface area contributed by atoms with Crippen molar-refractivity contribution >= 4 is 17.7 Å². The molecule has 0 atom stereocenters. The second-order valence-corrected chi connectivity index (χ2v) is 6.13. The number of hydrogen-bond donors (Lipinski definition) is 3. The Labute approximate surface area is 149 Å². The van der Waals surface area contributed by atoms with Gasteiger partial charge in [-0.1, -0.05) is 58.3 Å². The van der Waals surface area contributed by atoms with E-state index in [2.05, 4.69) is 12.2 Å². The van der Waals surface area contributed by atoms with Crippen LogP contribution < -0.4 is 5.32 Å². The molecule has 1 aromatic carbocycles. The summed E-state index contributed by atoms with van der Waals surface area (Å²) < 4.78 is 5.08. The minimum atomic E-state index is -1.23. The van der Waals surface area contributed by atoms with Crippen molar-refractivity contribution in [1.29, 1.82) is 0 Å². The van der Waals surface area contributed by atoms with Crippen LogP contribution in [0.2, 0.25) is 0 Å². The molecule has 0 radical (unpaired) electrons. The van der Waals surface area contributed by atoms with Gasteiger partial charge in [-0.25, -0.2) is 9.59 Å². The first-order chi connectivity index (χ1) is 12.0. The lowest BCUT2D eigenvalue weighted by Gasteiger charge is -2.08. The van der Waals surface area contributed by atoms with E-state index in [9.17, 15) is 14.7 Å². The average molecular weight is 351 g/mol. The van der Waals surface area contributed by atoms with E-state index in [1.165, 1.54) is 56.7 Å². The number of benzene rings is 1. The Balaban J connectivity index is 2.11. The maximum absolute atomic E-state index is 11.6. The van der Waals surface area contributed by atoms with Crippen LogP contribution in [0.15, 0.2) is 18.2 Å². The molecule has 140 valence electrons. The highest BCUT2D eigenvalue weighted by Crippen LogP contribution is 2.22. The fourth-order valence-corrected chi connectivity index (χ4v) is 2.52. The van der Waals surface area contributed by atoms with Gasteiger partial charge in [-0.2, -0.15) is 0 Å². The summed E-state index contributed by atoms with van der Waals surface area (Å²) in [7, 11) is 0. The van der Waals surface area contributed by atoms with E-state index in [4.69, 9.17) is 9.84 Å². The highest BCUT2D eigenvalue weighted by molar-refractivity contribution is 5.92. The molecule has 0 saturated heterocycles. The van der Waals surface area contributed by atoms with Gasteiger partial charge in [0.25, 0.3) is 0 Å². The van der Waals surface area contributed by atoms with Gasteiger partial charge in [-0.15, -0.1) is 0 Å². The van der Waals surface area contributed by atoms with Gasteiger partial charge in [0.05, 0.1) is 6.61 Å². The number of phenols is 1. The summed E-state index contributed by atoms with van der Waals surface area (Å²) in [6, 6.07) is 3.82. The van der Waals surface area contributed by atoms with E-state index in [1.807, 2.05) is 0 Å². The molecule has 0 aliphatic rings. The topological polar surface area (TPSA) is 95.9 Å². The number of hydrogen-bond acceptors (Lipinski definition) is 4. The van der Waals surface area contributed by atoms with Crippen LogP contribution in [0.4, 0.5) is 10.5 Å². The number of aromatic carboxylic acids is 1. The third-order valence-electron chi connectivity index (χ3n) is 3.96. The molecule has 0 aliphatic heterocycles. The summed E-state index contributed by atoms with van der Waals surface area (Å²) in [4.78, 5) is 22.4. The van der Waals surface area contributed by atoms with Gasteiger partial charge < -0.3 is 14.9 Å². The highest BCUT2D eigenvalue weighted by Gasteiger charge is 2.11. The van der Waals surface area contributed by atoms with Crippen molar-refractivity contribution in [1.82, 2.24) is 0 Å². The number of aromatic hydroxyl groups is 1. The SMILES string of the molecule is CCCCCCCCCCCOC(=O)Nc1ccc(C(=O)O)c(O)c1. The van der Waals surface area contributed by atoms with Crippen LogP contribution in [-0.4, -0.2) is 28.9 Å². The van der Waals surface area contributed by atoms with Crippen molar-refractivity contribution in [3.05, 3.63) is 23.8 Å². The number of amides is 1. The minimum Gasteiger partial charge on any atom is -0.507 e. The standard InChI is InChI=1S/C19H29NO5/c1-2-3-4-5-6-7-8-9-10-13-25-19(24)20-15-11-12-16(18(22)23)17(21)14-15/h11-12,14,21H,2-10,13H2,1H3,(H,20,24)(H,22,23). The summed E-state index contributed by atoms with van der Waals surface area (Å²) in [6.45, 7) is 2.56. The number of ether oxygens (including phenoxy) is 1. The molecule has 0 heterocycles. The van der Waals surface area contributed by atoms with E-state index in [0.29, 0.717) is 12.3 Å². The number of unbranched alkanes of at least 4 members (excludes halogenated alkanes) is 8. The summed E-state index contributed by atoms with van der Waals surface area (Å²) in [6.07, 6.45) is 10.1. The molecular weight excluding hydrogens is 322 g/mol. The maximum Gasteiger partial charge on any atom is 0.411 e. The molecule has 1 rings (SSSR count). The molecular formula is C19H29NO5. The van der Waals surface area contributed by atoms with E-state index in [-0.39, 0.29) is 5.56 Å². The first kappa shape index (κ1) is 20.8. The van der Waals surface area contributed by atoms with Crippen molar-refractivity contribution in [2.24, 2.45) is 0 Å². The number of carbonyl (C=O) groups is 2. The summed E-state index contributed by atoms with van der Waals surface area (Å²) in [5, 5.41) is 20.9. The van der Waals surface area contributed by atoms with Crippen molar-refractivity contribution in [2.45, 2.75) is 64.7 Å². The molecule has 0 bridgehead atoms. The number of carboxylic acids is 1. The van der Waals surface area contributed by atoms with Crippen molar-refractivity contribution in [3.8, 4) is 5.75 Å². The maximum atomic E-state index is 11.6. The molecule has 25 heavy (non-hydrogen) atoms. The molecule has 6 nitrogen and oxygen atoms in total. The van der Waals surface area contributed by atoms with E-state index in [1.54, 1.807) is 0 Å². The summed E-state index contributed by atoms with van der Waals surface area (Å²) in [5.41, 5.74) is 0.0770. The van der Waals surface area contributed by atoms with Crippen LogP contribution in [0.1, 0.15) is 75.1 Å². The van der Waals surface area contributed by atoms with Gasteiger partial charge in [-0.05, 0) is 18.6 Å². The monoisotopic (exact) mass is 351 g/mol. The quantitative estimate of drug-likeness (QED) is 0.451. The van der Waals surface area contributed by atoms with E-state index >= 15 is 0 Å². The molecule has 0 fully saturated rings. The zero-order valence-corrected chi connectivity index (χ0v) is 14.9. The lowest BCUT2D eigenvalue weighted by molar-refractivity contribution is 0.0693. The molecule has 0 saturated carbocycles. The number of carboxylic acid groups (broad SMARTS) is 1. The molecule has 3 N–H and O–H groups in total. The number of anilines is 1. The molecule has 1 aromatic rings. The second-order valence-electron chi connectivity index (χ2n) is 6.13. The van der Waals surface area contributed by atoms with Gasteiger partial charge in [0, 0.05) is 11.8 Å². The van der Waals surface area contributed by atoms with Crippen molar-refractivity contribution in [2.75, 3.05) is 11.9 Å². The van der Waals surface area contributed by atoms with Crippen LogP contribution in [0, 0.1) is 0 Å². The summed E-state index contributed by atoms with van der Waals surface area (Å²) in [5.74, 6) is -1.62. The normalized spacial score (nSPS) is 10.4. The van der Waals surface area contributed by atoms with E-state index < -0.39 is 17.8 Å². The van der Waals surface area contributed by atoms with Gasteiger partial charge >= 0.3 is 12.1 Å². The molecule has 0 aliphatic carbocycles. The van der Waals surface area contributed by atoms with Crippen LogP contribution in [-0.2, 0) is 4.74 Å². The minimum absolute atomic E-state index is 0.214. The molecule has 6 heteroatoms. The second kappa shape index (κ2) is 12.2. The first-order valence-corrected chi connectivity index (χ1v) is 9.04. The highest BCUT2D eigenvalue weighted by atomic mass is 16.5. The Hall–Kier alpha value is -2.24. The zero-order chi connectivity index (χ0) is 18.5. The van der Waals surface area contributed by atoms with Gasteiger partial charge in [-0.3, -0.25) is 5.32 Å². The van der Waals surface area contributed by atoms with Gasteiger partial charge in [0.15, 0.2) is 0 Å². The zero-order valence-electron chi connectivity index (χ0n) is 14.9. The third kappa shape index (κ3) is 8.98. The predicted molar refractivity (Wildman–Crippen MR) is 97.3 cm³/mol. The Morgan fingerprint density at radius 2 is 1.60 bits per heavy atom. The number of carbonyl (C=O) groups excluding carboxylic acids is 1.